The SMILES string of the molecule is CCCCOCCOCCOCCn1ccnc1C=O. The second-order valence-electron chi connectivity index (χ2n) is 4.29. The fraction of sp³-hybridized carbons (Fsp3) is 0.714. The van der Waals surface area contributed by atoms with Crippen molar-refractivity contribution >= 4 is 6.29 Å². The van der Waals surface area contributed by atoms with E-state index < -0.39 is 0 Å². The van der Waals surface area contributed by atoms with E-state index in [0.29, 0.717) is 45.4 Å². The van der Waals surface area contributed by atoms with Gasteiger partial charge < -0.3 is 18.8 Å². The molecule has 6 nitrogen and oxygen atoms in total. The molecular formula is C14H24N2O4. The van der Waals surface area contributed by atoms with Crippen molar-refractivity contribution in [2.45, 2.75) is 26.3 Å². The molecule has 0 atom stereocenters. The Morgan fingerprint density at radius 2 is 1.75 bits per heavy atom. The lowest BCUT2D eigenvalue weighted by atomic mass is 10.4. The monoisotopic (exact) mass is 284 g/mol. The predicted octanol–water partition coefficient (Wildman–Crippen LogP) is 1.55. The number of ether oxygens (including phenoxy) is 3. The summed E-state index contributed by atoms with van der Waals surface area (Å²) in [5, 5.41) is 0. The van der Waals surface area contributed by atoms with Gasteiger partial charge in [0.1, 0.15) is 0 Å². The van der Waals surface area contributed by atoms with Crippen LogP contribution in [0, 0.1) is 0 Å². The van der Waals surface area contributed by atoms with Crippen LogP contribution in [0.5, 0.6) is 0 Å². The first-order valence-corrected chi connectivity index (χ1v) is 7.08. The molecule has 0 aliphatic heterocycles. The van der Waals surface area contributed by atoms with E-state index in [1.54, 1.807) is 17.0 Å². The fourth-order valence-corrected chi connectivity index (χ4v) is 1.58. The molecule has 0 amide bonds. The summed E-state index contributed by atoms with van der Waals surface area (Å²) in [6.07, 6.45) is 6.35. The number of hydrogen-bond donors (Lipinski definition) is 0. The third-order valence-corrected chi connectivity index (χ3v) is 2.72. The maximum atomic E-state index is 10.6. The number of carbonyl (C=O) groups excluding carboxylic acids is 1. The molecular weight excluding hydrogens is 260 g/mol. The Hall–Kier alpha value is -1.24. The van der Waals surface area contributed by atoms with Crippen LogP contribution in [0.15, 0.2) is 12.4 Å². The number of nitrogens with zero attached hydrogens (tertiary/aromatic N) is 2. The Balaban J connectivity index is 1.86. The van der Waals surface area contributed by atoms with Crippen LogP contribution in [0.3, 0.4) is 0 Å². The first kappa shape index (κ1) is 16.8. The molecule has 0 aliphatic carbocycles. The van der Waals surface area contributed by atoms with Gasteiger partial charge in [-0.2, -0.15) is 0 Å². The van der Waals surface area contributed by atoms with Crippen molar-refractivity contribution in [2.24, 2.45) is 0 Å². The Bertz CT molecular complexity index is 355. The van der Waals surface area contributed by atoms with Crippen LogP contribution in [0.25, 0.3) is 0 Å². The molecule has 0 N–H and O–H groups in total. The van der Waals surface area contributed by atoms with Gasteiger partial charge in [-0.15, -0.1) is 0 Å². The second-order valence-corrected chi connectivity index (χ2v) is 4.29. The van der Waals surface area contributed by atoms with E-state index in [9.17, 15) is 4.79 Å². The summed E-state index contributed by atoms with van der Waals surface area (Å²) < 4.78 is 17.9. The maximum absolute atomic E-state index is 10.6. The predicted molar refractivity (Wildman–Crippen MR) is 75.0 cm³/mol. The van der Waals surface area contributed by atoms with Gasteiger partial charge >= 0.3 is 0 Å². The van der Waals surface area contributed by atoms with Crippen LogP contribution in [0.2, 0.25) is 0 Å². The van der Waals surface area contributed by atoms with Crippen molar-refractivity contribution < 1.29 is 19.0 Å². The van der Waals surface area contributed by atoms with Gasteiger partial charge in [0.25, 0.3) is 0 Å². The minimum Gasteiger partial charge on any atom is -0.379 e. The third-order valence-electron chi connectivity index (χ3n) is 2.72. The van der Waals surface area contributed by atoms with Crippen LogP contribution in [0.1, 0.15) is 30.4 Å². The van der Waals surface area contributed by atoms with Crippen LogP contribution in [0.4, 0.5) is 0 Å². The van der Waals surface area contributed by atoms with Gasteiger partial charge in [-0.25, -0.2) is 4.98 Å². The van der Waals surface area contributed by atoms with Gasteiger partial charge in [0, 0.05) is 25.5 Å². The molecule has 20 heavy (non-hydrogen) atoms. The van der Waals surface area contributed by atoms with Crippen molar-refractivity contribution in [3.63, 3.8) is 0 Å². The summed E-state index contributed by atoms with van der Waals surface area (Å²) in [5.41, 5.74) is 0. The molecule has 0 fully saturated rings. The zero-order valence-electron chi connectivity index (χ0n) is 12.1. The highest BCUT2D eigenvalue weighted by Gasteiger charge is 1.99. The lowest BCUT2D eigenvalue weighted by Crippen LogP contribution is -2.13. The number of hydrogen-bond acceptors (Lipinski definition) is 5. The Labute approximate surface area is 120 Å². The topological polar surface area (TPSA) is 62.6 Å². The normalized spacial score (nSPS) is 10.8. The quantitative estimate of drug-likeness (QED) is 0.406. The lowest BCUT2D eigenvalue weighted by Gasteiger charge is -2.07. The molecule has 0 aromatic carbocycles. The van der Waals surface area contributed by atoms with Gasteiger partial charge in [-0.1, -0.05) is 13.3 Å². The standard InChI is InChI=1S/C14H24N2O4/c1-2-3-7-18-9-11-20-12-10-19-8-6-16-5-4-15-14(16)13-17/h4-5,13H,2-3,6-12H2,1H3. The summed E-state index contributed by atoms with van der Waals surface area (Å²) >= 11 is 0. The molecule has 6 heteroatoms. The molecule has 114 valence electrons. The molecule has 0 radical (unpaired) electrons. The van der Waals surface area contributed by atoms with Crippen LogP contribution < -0.4 is 0 Å². The Morgan fingerprint density at radius 1 is 1.10 bits per heavy atom. The van der Waals surface area contributed by atoms with Crippen LogP contribution in [-0.4, -0.2) is 55.5 Å². The maximum Gasteiger partial charge on any atom is 0.185 e. The average molecular weight is 284 g/mol. The van der Waals surface area contributed by atoms with Crippen molar-refractivity contribution in [3.05, 3.63) is 18.2 Å². The molecule has 0 saturated heterocycles. The minimum absolute atomic E-state index is 0.425. The lowest BCUT2D eigenvalue weighted by molar-refractivity contribution is 0.0127. The zero-order valence-corrected chi connectivity index (χ0v) is 12.1. The van der Waals surface area contributed by atoms with Gasteiger partial charge in [-0.3, -0.25) is 4.79 Å². The van der Waals surface area contributed by atoms with Gasteiger partial charge in [0.05, 0.1) is 33.0 Å². The summed E-state index contributed by atoms with van der Waals surface area (Å²) in [7, 11) is 0. The summed E-state index contributed by atoms with van der Waals surface area (Å²) in [4.78, 5) is 14.5. The van der Waals surface area contributed by atoms with E-state index in [4.69, 9.17) is 14.2 Å². The first-order chi connectivity index (χ1) is 9.88. The van der Waals surface area contributed by atoms with Crippen molar-refractivity contribution in [1.29, 1.82) is 0 Å². The van der Waals surface area contributed by atoms with Crippen molar-refractivity contribution in [3.8, 4) is 0 Å². The van der Waals surface area contributed by atoms with Crippen molar-refractivity contribution in [2.75, 3.05) is 39.6 Å². The minimum atomic E-state index is 0.425. The largest absolute Gasteiger partial charge is 0.379 e. The Morgan fingerprint density at radius 3 is 2.40 bits per heavy atom. The molecule has 0 bridgehead atoms. The van der Waals surface area contributed by atoms with Crippen molar-refractivity contribution in [1.82, 2.24) is 9.55 Å². The smallest absolute Gasteiger partial charge is 0.185 e. The van der Waals surface area contributed by atoms with Crippen LogP contribution >= 0.6 is 0 Å². The van der Waals surface area contributed by atoms with E-state index in [-0.39, 0.29) is 0 Å². The highest BCUT2D eigenvalue weighted by atomic mass is 16.5. The van der Waals surface area contributed by atoms with Gasteiger partial charge in [0.15, 0.2) is 12.1 Å². The highest BCUT2D eigenvalue weighted by Crippen LogP contribution is 1.94. The molecule has 0 aliphatic rings. The average Bonchev–Trinajstić information content (AvgIpc) is 2.92. The molecule has 1 aromatic heterocycles. The van der Waals surface area contributed by atoms with E-state index >= 15 is 0 Å². The van der Waals surface area contributed by atoms with E-state index in [2.05, 4.69) is 11.9 Å². The second kappa shape index (κ2) is 11.6. The molecule has 0 spiro atoms. The van der Waals surface area contributed by atoms with E-state index in [0.717, 1.165) is 25.7 Å². The fourth-order valence-electron chi connectivity index (χ4n) is 1.58. The van der Waals surface area contributed by atoms with Gasteiger partial charge in [-0.05, 0) is 6.42 Å². The number of imidazole rings is 1. The number of unbranched alkanes of at least 4 members (excludes halogenated alkanes) is 1. The molecule has 1 heterocycles. The number of rotatable bonds is 13. The molecule has 1 rings (SSSR count). The van der Waals surface area contributed by atoms with E-state index in [1.165, 1.54) is 0 Å². The first-order valence-electron chi connectivity index (χ1n) is 7.08. The highest BCUT2D eigenvalue weighted by molar-refractivity contribution is 5.69. The Kier molecular flexibility index (Phi) is 9.73. The molecule has 1 aromatic rings. The number of aromatic nitrogens is 2. The van der Waals surface area contributed by atoms with Crippen LogP contribution in [-0.2, 0) is 20.8 Å². The van der Waals surface area contributed by atoms with Gasteiger partial charge in [0.2, 0.25) is 0 Å². The summed E-state index contributed by atoms with van der Waals surface area (Å²) in [6.45, 7) is 6.43. The summed E-state index contributed by atoms with van der Waals surface area (Å²) in [6, 6.07) is 0. The summed E-state index contributed by atoms with van der Waals surface area (Å²) in [5.74, 6) is 0.425. The molecule has 0 saturated carbocycles. The third kappa shape index (κ3) is 7.37. The van der Waals surface area contributed by atoms with E-state index in [1.807, 2.05) is 0 Å². The number of aldehydes is 1. The number of carbonyl (C=O) groups is 1. The zero-order chi connectivity index (χ0) is 14.5. The molecule has 0 unspecified atom stereocenters.